The van der Waals surface area contributed by atoms with Gasteiger partial charge in [0.15, 0.2) is 0 Å². The number of hydrogen-bond acceptors (Lipinski definition) is 4. The van der Waals surface area contributed by atoms with Gasteiger partial charge in [-0.25, -0.2) is 8.42 Å². The van der Waals surface area contributed by atoms with Crippen LogP contribution in [-0.2, 0) is 22.4 Å². The first-order valence-corrected chi connectivity index (χ1v) is 8.48. The molecule has 0 bridgehead atoms. The van der Waals surface area contributed by atoms with Gasteiger partial charge in [-0.2, -0.15) is 9.40 Å². The number of aryl methyl sites for hydroxylation is 1. The van der Waals surface area contributed by atoms with Crippen LogP contribution in [0.25, 0.3) is 0 Å². The second-order valence-corrected chi connectivity index (χ2v) is 6.65. The standard InChI is InChI=1S/C13H17ClN4O2S/c1-3-18(9-11-6-4-5-7-15-11)21(19,20)13-10(2)16-17-12(13)8-14/h4-7H,3,8-9H2,1-2H3,(H,16,17). The van der Waals surface area contributed by atoms with Crippen molar-refractivity contribution >= 4 is 21.6 Å². The number of aromatic nitrogens is 3. The number of hydrogen-bond donors (Lipinski definition) is 1. The molecular formula is C13H17ClN4O2S. The zero-order valence-electron chi connectivity index (χ0n) is 11.9. The summed E-state index contributed by atoms with van der Waals surface area (Å²) in [6, 6.07) is 5.42. The van der Waals surface area contributed by atoms with E-state index in [2.05, 4.69) is 15.2 Å². The van der Waals surface area contributed by atoms with E-state index in [9.17, 15) is 8.42 Å². The van der Waals surface area contributed by atoms with Crippen molar-refractivity contribution in [3.8, 4) is 0 Å². The third-order valence-corrected chi connectivity index (χ3v) is 5.48. The van der Waals surface area contributed by atoms with Gasteiger partial charge in [0.1, 0.15) is 4.90 Å². The van der Waals surface area contributed by atoms with Crippen LogP contribution in [0.5, 0.6) is 0 Å². The Morgan fingerprint density at radius 2 is 2.14 bits per heavy atom. The van der Waals surface area contributed by atoms with Crippen LogP contribution in [0, 0.1) is 6.92 Å². The Morgan fingerprint density at radius 3 is 2.71 bits per heavy atom. The van der Waals surface area contributed by atoms with Gasteiger partial charge in [-0.3, -0.25) is 10.1 Å². The lowest BCUT2D eigenvalue weighted by molar-refractivity contribution is 0.418. The fourth-order valence-corrected chi connectivity index (χ4v) is 4.09. The predicted molar refractivity (Wildman–Crippen MR) is 80.4 cm³/mol. The second-order valence-electron chi connectivity index (χ2n) is 4.51. The zero-order valence-corrected chi connectivity index (χ0v) is 13.4. The summed E-state index contributed by atoms with van der Waals surface area (Å²) in [5, 5.41) is 6.63. The number of alkyl halides is 1. The van der Waals surface area contributed by atoms with Crippen LogP contribution < -0.4 is 0 Å². The van der Waals surface area contributed by atoms with Crippen molar-refractivity contribution < 1.29 is 8.42 Å². The lowest BCUT2D eigenvalue weighted by atomic mass is 10.3. The highest BCUT2D eigenvalue weighted by Gasteiger charge is 2.29. The smallest absolute Gasteiger partial charge is 0.247 e. The molecule has 0 unspecified atom stereocenters. The molecule has 2 aromatic heterocycles. The number of nitrogens with zero attached hydrogens (tertiary/aromatic N) is 3. The number of H-pyrrole nitrogens is 1. The van der Waals surface area contributed by atoms with E-state index in [1.54, 1.807) is 32.2 Å². The highest BCUT2D eigenvalue weighted by atomic mass is 35.5. The molecule has 2 aromatic rings. The summed E-state index contributed by atoms with van der Waals surface area (Å²) in [5.74, 6) is 0.0417. The van der Waals surface area contributed by atoms with Gasteiger partial charge in [-0.15, -0.1) is 11.6 Å². The second kappa shape index (κ2) is 6.55. The third kappa shape index (κ3) is 3.25. The number of rotatable bonds is 6. The van der Waals surface area contributed by atoms with Crippen molar-refractivity contribution in [1.82, 2.24) is 19.5 Å². The van der Waals surface area contributed by atoms with Crippen molar-refractivity contribution in [3.63, 3.8) is 0 Å². The Morgan fingerprint density at radius 1 is 1.38 bits per heavy atom. The summed E-state index contributed by atoms with van der Waals surface area (Å²) in [5.41, 5.74) is 1.52. The summed E-state index contributed by atoms with van der Waals surface area (Å²) >= 11 is 5.78. The lowest BCUT2D eigenvalue weighted by Crippen LogP contribution is -2.31. The Kier molecular flexibility index (Phi) is 4.97. The van der Waals surface area contributed by atoms with Gasteiger partial charge in [-0.05, 0) is 19.1 Å². The molecule has 0 aromatic carbocycles. The third-order valence-electron chi connectivity index (χ3n) is 3.10. The van der Waals surface area contributed by atoms with Gasteiger partial charge in [-0.1, -0.05) is 13.0 Å². The van der Waals surface area contributed by atoms with E-state index in [-0.39, 0.29) is 17.3 Å². The van der Waals surface area contributed by atoms with Gasteiger partial charge in [0.25, 0.3) is 0 Å². The van der Waals surface area contributed by atoms with Gasteiger partial charge in [0.2, 0.25) is 10.0 Å². The van der Waals surface area contributed by atoms with Crippen LogP contribution in [-0.4, -0.2) is 34.4 Å². The largest absolute Gasteiger partial charge is 0.281 e. The fraction of sp³-hybridized carbons (Fsp3) is 0.385. The maximum absolute atomic E-state index is 12.8. The minimum atomic E-state index is -3.66. The van der Waals surface area contributed by atoms with Crippen LogP contribution in [0.1, 0.15) is 24.0 Å². The molecule has 0 saturated heterocycles. The molecule has 21 heavy (non-hydrogen) atoms. The topological polar surface area (TPSA) is 79.0 Å². The molecule has 114 valence electrons. The molecule has 0 aliphatic rings. The molecule has 1 N–H and O–H groups in total. The molecule has 0 spiro atoms. The first kappa shape index (κ1) is 15.9. The summed E-state index contributed by atoms with van der Waals surface area (Å²) in [6.07, 6.45) is 1.64. The number of aromatic amines is 1. The Hall–Kier alpha value is -1.44. The van der Waals surface area contributed by atoms with Crippen molar-refractivity contribution in [1.29, 1.82) is 0 Å². The maximum atomic E-state index is 12.8. The lowest BCUT2D eigenvalue weighted by Gasteiger charge is -2.20. The van der Waals surface area contributed by atoms with Crippen LogP contribution in [0.4, 0.5) is 0 Å². The Bertz CT molecular complexity index is 700. The number of sulfonamides is 1. The molecule has 2 rings (SSSR count). The highest BCUT2D eigenvalue weighted by Crippen LogP contribution is 2.24. The molecule has 0 saturated carbocycles. The van der Waals surface area contributed by atoms with Crippen molar-refractivity contribution in [2.24, 2.45) is 0 Å². The molecule has 0 aliphatic carbocycles. The van der Waals surface area contributed by atoms with E-state index < -0.39 is 10.0 Å². The summed E-state index contributed by atoms with van der Waals surface area (Å²) in [4.78, 5) is 4.33. The first-order valence-electron chi connectivity index (χ1n) is 6.50. The molecule has 2 heterocycles. The zero-order chi connectivity index (χ0) is 15.5. The number of nitrogens with one attached hydrogen (secondary N) is 1. The van der Waals surface area contributed by atoms with E-state index in [4.69, 9.17) is 11.6 Å². The fourth-order valence-electron chi connectivity index (χ4n) is 2.07. The van der Waals surface area contributed by atoms with Gasteiger partial charge < -0.3 is 0 Å². The van der Waals surface area contributed by atoms with E-state index in [0.717, 1.165) is 0 Å². The molecule has 0 radical (unpaired) electrons. The monoisotopic (exact) mass is 328 g/mol. The van der Waals surface area contributed by atoms with E-state index in [1.807, 2.05) is 6.07 Å². The Labute approximate surface area is 129 Å². The minimum absolute atomic E-state index is 0.0417. The van der Waals surface area contributed by atoms with Crippen LogP contribution in [0.2, 0.25) is 0 Å². The predicted octanol–water partition coefficient (Wildman–Crippen LogP) is 2.06. The molecule has 0 fully saturated rings. The van der Waals surface area contributed by atoms with Crippen molar-refractivity contribution in [2.45, 2.75) is 31.2 Å². The molecule has 6 nitrogen and oxygen atoms in total. The molecule has 0 aliphatic heterocycles. The van der Waals surface area contributed by atoms with Crippen molar-refractivity contribution in [2.75, 3.05) is 6.54 Å². The van der Waals surface area contributed by atoms with Crippen LogP contribution in [0.15, 0.2) is 29.3 Å². The van der Waals surface area contributed by atoms with E-state index in [1.165, 1.54) is 4.31 Å². The summed E-state index contributed by atoms with van der Waals surface area (Å²) in [6.45, 7) is 4.01. The maximum Gasteiger partial charge on any atom is 0.247 e. The average molecular weight is 329 g/mol. The van der Waals surface area contributed by atoms with Gasteiger partial charge in [0.05, 0.1) is 29.5 Å². The summed E-state index contributed by atoms with van der Waals surface area (Å²) in [7, 11) is -3.66. The van der Waals surface area contributed by atoms with Crippen LogP contribution in [0.3, 0.4) is 0 Å². The minimum Gasteiger partial charge on any atom is -0.281 e. The van der Waals surface area contributed by atoms with Crippen LogP contribution >= 0.6 is 11.6 Å². The Balaban J connectivity index is 2.38. The highest BCUT2D eigenvalue weighted by molar-refractivity contribution is 7.89. The molecule has 0 atom stereocenters. The first-order chi connectivity index (χ1) is 10.0. The van der Waals surface area contributed by atoms with Crippen molar-refractivity contribution in [3.05, 3.63) is 41.5 Å². The molecule has 8 heteroatoms. The summed E-state index contributed by atoms with van der Waals surface area (Å²) < 4.78 is 27.0. The normalized spacial score (nSPS) is 12.0. The molecule has 0 amide bonds. The quantitative estimate of drug-likeness (QED) is 0.823. The van der Waals surface area contributed by atoms with Gasteiger partial charge in [0, 0.05) is 12.7 Å². The SMILES string of the molecule is CCN(Cc1ccccn1)S(=O)(=O)c1c(CCl)n[nH]c1C. The number of pyridine rings is 1. The number of halogens is 1. The van der Waals surface area contributed by atoms with E-state index in [0.29, 0.717) is 23.6 Å². The van der Waals surface area contributed by atoms with E-state index >= 15 is 0 Å². The molecular weight excluding hydrogens is 312 g/mol. The average Bonchev–Trinajstić information content (AvgIpc) is 2.87. The van der Waals surface area contributed by atoms with Gasteiger partial charge >= 0.3 is 0 Å².